The molecule has 1 aliphatic rings. The summed E-state index contributed by atoms with van der Waals surface area (Å²) in [6.45, 7) is 4.03. The van der Waals surface area contributed by atoms with E-state index in [2.05, 4.69) is 50.5 Å². The van der Waals surface area contributed by atoms with E-state index in [-0.39, 0.29) is 0 Å². The Labute approximate surface area is 153 Å². The zero-order valence-corrected chi connectivity index (χ0v) is 14.6. The van der Waals surface area contributed by atoms with Crippen molar-refractivity contribution >= 4 is 16.7 Å². The molecule has 130 valence electrons. The van der Waals surface area contributed by atoms with Crippen molar-refractivity contribution in [3.05, 3.63) is 66.0 Å². The number of anilines is 1. The first kappa shape index (κ1) is 16.5. The second-order valence-corrected chi connectivity index (χ2v) is 6.81. The van der Waals surface area contributed by atoms with Crippen LogP contribution in [0.3, 0.4) is 0 Å². The molecule has 1 aliphatic heterocycles. The van der Waals surface area contributed by atoms with E-state index in [9.17, 15) is 0 Å². The number of nitrogens with one attached hydrogen (secondary N) is 1. The minimum atomic E-state index is 0.589. The molecule has 1 N–H and O–H groups in total. The number of likely N-dealkylation sites (tertiary alicyclic amines) is 1. The van der Waals surface area contributed by atoms with Gasteiger partial charge in [-0.05, 0) is 42.6 Å². The number of rotatable bonds is 5. The molecule has 5 heteroatoms. The Morgan fingerprint density at radius 1 is 1.15 bits per heavy atom. The predicted molar refractivity (Wildman–Crippen MR) is 103 cm³/mol. The molecule has 26 heavy (non-hydrogen) atoms. The summed E-state index contributed by atoms with van der Waals surface area (Å²) >= 11 is 0. The number of aromatic nitrogens is 2. The Kier molecular flexibility index (Phi) is 4.76. The molecule has 0 bridgehead atoms. The van der Waals surface area contributed by atoms with E-state index in [0.717, 1.165) is 37.5 Å². The fraction of sp³-hybridized carbons (Fsp3) is 0.286. The molecule has 0 aliphatic carbocycles. The van der Waals surface area contributed by atoms with Gasteiger partial charge in [-0.1, -0.05) is 24.3 Å². The first-order valence-electron chi connectivity index (χ1n) is 8.97. The minimum Gasteiger partial charge on any atom is -0.370 e. The van der Waals surface area contributed by atoms with Crippen molar-refractivity contribution in [3.63, 3.8) is 0 Å². The first-order chi connectivity index (χ1) is 12.8. The lowest BCUT2D eigenvalue weighted by Crippen LogP contribution is -2.23. The fourth-order valence-corrected chi connectivity index (χ4v) is 3.57. The van der Waals surface area contributed by atoms with Gasteiger partial charge in [0.2, 0.25) is 0 Å². The normalized spacial score (nSPS) is 17.3. The van der Waals surface area contributed by atoms with Crippen LogP contribution in [0.2, 0.25) is 0 Å². The monoisotopic (exact) mass is 343 g/mol. The van der Waals surface area contributed by atoms with Gasteiger partial charge < -0.3 is 5.32 Å². The highest BCUT2D eigenvalue weighted by Gasteiger charge is 2.22. The van der Waals surface area contributed by atoms with E-state index in [1.54, 1.807) is 12.3 Å². The smallest absolute Gasteiger partial charge is 0.125 e. The quantitative estimate of drug-likeness (QED) is 0.769. The molecule has 4 rings (SSSR count). The summed E-state index contributed by atoms with van der Waals surface area (Å²) in [5.41, 5.74) is 3.00. The van der Waals surface area contributed by atoms with Gasteiger partial charge in [0.25, 0.3) is 0 Å². The van der Waals surface area contributed by atoms with Crippen molar-refractivity contribution in [3.8, 4) is 6.07 Å². The van der Waals surface area contributed by atoms with Crippen molar-refractivity contribution in [2.24, 2.45) is 5.92 Å². The highest BCUT2D eigenvalue weighted by Crippen LogP contribution is 2.22. The third-order valence-corrected chi connectivity index (χ3v) is 4.94. The Hall–Kier alpha value is -2.97. The molecule has 3 heterocycles. The van der Waals surface area contributed by atoms with Crippen LogP contribution in [0.15, 0.2) is 54.9 Å². The number of hydrogen-bond donors (Lipinski definition) is 1. The van der Waals surface area contributed by atoms with E-state index >= 15 is 0 Å². The molecule has 3 aromatic rings. The Morgan fingerprint density at radius 2 is 2.08 bits per heavy atom. The van der Waals surface area contributed by atoms with E-state index < -0.39 is 0 Å². The maximum absolute atomic E-state index is 8.83. The summed E-state index contributed by atoms with van der Waals surface area (Å²) in [6, 6.07) is 16.3. The lowest BCUT2D eigenvalue weighted by atomic mass is 10.1. The third kappa shape index (κ3) is 3.66. The number of para-hydroxylation sites is 1. The van der Waals surface area contributed by atoms with Crippen LogP contribution in [0.25, 0.3) is 10.9 Å². The molecule has 1 fully saturated rings. The predicted octanol–water partition coefficient (Wildman–Crippen LogP) is 3.44. The van der Waals surface area contributed by atoms with Gasteiger partial charge in [-0.2, -0.15) is 5.26 Å². The number of hydrogen-bond acceptors (Lipinski definition) is 5. The minimum absolute atomic E-state index is 0.589. The lowest BCUT2D eigenvalue weighted by Gasteiger charge is -2.17. The maximum Gasteiger partial charge on any atom is 0.125 e. The summed E-state index contributed by atoms with van der Waals surface area (Å²) in [7, 11) is 0. The van der Waals surface area contributed by atoms with Gasteiger partial charge in [0.1, 0.15) is 11.9 Å². The zero-order chi connectivity index (χ0) is 17.8. The second kappa shape index (κ2) is 7.51. The van der Waals surface area contributed by atoms with Crippen LogP contribution in [-0.2, 0) is 6.54 Å². The number of nitriles is 1. The molecular weight excluding hydrogens is 322 g/mol. The molecule has 0 saturated carbocycles. The largest absolute Gasteiger partial charge is 0.370 e. The summed E-state index contributed by atoms with van der Waals surface area (Å²) in [6.07, 6.45) is 4.66. The van der Waals surface area contributed by atoms with Crippen molar-refractivity contribution in [2.45, 2.75) is 13.0 Å². The molecule has 2 aromatic heterocycles. The molecule has 0 amide bonds. The molecule has 5 nitrogen and oxygen atoms in total. The molecule has 0 unspecified atom stereocenters. The highest BCUT2D eigenvalue weighted by atomic mass is 15.2. The molecule has 1 atom stereocenters. The van der Waals surface area contributed by atoms with Gasteiger partial charge in [-0.15, -0.1) is 0 Å². The van der Waals surface area contributed by atoms with E-state index in [1.165, 1.54) is 17.4 Å². The van der Waals surface area contributed by atoms with E-state index in [1.807, 2.05) is 18.3 Å². The van der Waals surface area contributed by atoms with Crippen LogP contribution in [-0.4, -0.2) is 34.5 Å². The Morgan fingerprint density at radius 3 is 2.92 bits per heavy atom. The van der Waals surface area contributed by atoms with Gasteiger partial charge in [0, 0.05) is 37.4 Å². The van der Waals surface area contributed by atoms with Crippen LogP contribution >= 0.6 is 0 Å². The topological polar surface area (TPSA) is 64.8 Å². The summed E-state index contributed by atoms with van der Waals surface area (Å²) in [5, 5.41) is 13.4. The van der Waals surface area contributed by atoms with Gasteiger partial charge in [-0.25, -0.2) is 4.98 Å². The summed E-state index contributed by atoms with van der Waals surface area (Å²) < 4.78 is 0. The fourth-order valence-electron chi connectivity index (χ4n) is 3.57. The van der Waals surface area contributed by atoms with Gasteiger partial charge in [0.05, 0.1) is 11.1 Å². The molecule has 1 aromatic carbocycles. The van der Waals surface area contributed by atoms with Gasteiger partial charge in [0.15, 0.2) is 0 Å². The summed E-state index contributed by atoms with van der Waals surface area (Å²) in [5.74, 6) is 1.44. The molecule has 1 saturated heterocycles. The third-order valence-electron chi connectivity index (χ3n) is 4.94. The molecule has 0 spiro atoms. The maximum atomic E-state index is 8.83. The van der Waals surface area contributed by atoms with Crippen LogP contribution in [0.5, 0.6) is 0 Å². The van der Waals surface area contributed by atoms with Crippen molar-refractivity contribution < 1.29 is 0 Å². The number of fused-ring (bicyclic) bond motifs is 1. The van der Waals surface area contributed by atoms with E-state index in [4.69, 9.17) is 5.26 Å². The Bertz CT molecular complexity index is 924. The van der Waals surface area contributed by atoms with Gasteiger partial charge in [-0.3, -0.25) is 9.88 Å². The van der Waals surface area contributed by atoms with Crippen molar-refractivity contribution in [2.75, 3.05) is 25.0 Å². The average Bonchev–Trinajstić information content (AvgIpc) is 3.14. The molecular formula is C21H21N5. The lowest BCUT2D eigenvalue weighted by molar-refractivity contribution is 0.320. The highest BCUT2D eigenvalue weighted by molar-refractivity contribution is 5.81. The van der Waals surface area contributed by atoms with Gasteiger partial charge >= 0.3 is 0 Å². The van der Waals surface area contributed by atoms with E-state index in [0.29, 0.717) is 11.5 Å². The van der Waals surface area contributed by atoms with Crippen LogP contribution in [0.1, 0.15) is 17.5 Å². The number of nitrogens with zero attached hydrogens (tertiary/aromatic N) is 4. The summed E-state index contributed by atoms with van der Waals surface area (Å²) in [4.78, 5) is 11.3. The second-order valence-electron chi connectivity index (χ2n) is 6.81. The van der Waals surface area contributed by atoms with Crippen LogP contribution in [0.4, 0.5) is 5.82 Å². The number of benzene rings is 1. The standard InChI is InChI=1S/C21H21N5/c22-11-16-6-7-20(24-12-16)25-13-17-8-10-26(14-17)15-19-4-1-3-18-5-2-9-23-21(18)19/h1-7,9,12,17H,8,10,13-15H2,(H,24,25)/t17-/m0/s1. The Balaban J connectivity index is 1.34. The van der Waals surface area contributed by atoms with Crippen LogP contribution in [0, 0.1) is 17.2 Å². The van der Waals surface area contributed by atoms with Crippen molar-refractivity contribution in [1.82, 2.24) is 14.9 Å². The number of pyridine rings is 2. The van der Waals surface area contributed by atoms with Crippen LogP contribution < -0.4 is 5.32 Å². The zero-order valence-electron chi connectivity index (χ0n) is 14.6. The molecule has 0 radical (unpaired) electrons. The van der Waals surface area contributed by atoms with Crippen molar-refractivity contribution in [1.29, 1.82) is 5.26 Å². The SMILES string of the molecule is N#Cc1ccc(NC[C@@H]2CCN(Cc3cccc4cccnc34)C2)nc1. The first-order valence-corrected chi connectivity index (χ1v) is 8.97. The average molecular weight is 343 g/mol.